The van der Waals surface area contributed by atoms with E-state index in [-0.39, 0.29) is 0 Å². The minimum Gasteiger partial charge on any atom is -0.481 e. The van der Waals surface area contributed by atoms with Gasteiger partial charge in [-0.3, -0.25) is 25.2 Å². The fraction of sp³-hybridized carbons (Fsp3) is 0.389. The quantitative estimate of drug-likeness (QED) is 0.585. The third kappa shape index (κ3) is 4.01. The first-order valence-electron chi connectivity index (χ1n) is 7.84. The van der Waals surface area contributed by atoms with Crippen molar-refractivity contribution < 1.29 is 19.5 Å². The number of benzene rings is 1. The summed E-state index contributed by atoms with van der Waals surface area (Å²) >= 11 is 0. The average Bonchev–Trinajstić information content (AvgIpc) is 2.54. The molecule has 0 aliphatic heterocycles. The number of aliphatic carboxylic acids is 1. The van der Waals surface area contributed by atoms with E-state index in [0.29, 0.717) is 18.4 Å². The van der Waals surface area contributed by atoms with Gasteiger partial charge in [0.25, 0.3) is 5.91 Å². The molecule has 0 aromatic heterocycles. The van der Waals surface area contributed by atoms with Gasteiger partial charge in [-0.2, -0.15) is 0 Å². The molecule has 2 amide bonds. The number of hydrazine groups is 1. The van der Waals surface area contributed by atoms with Gasteiger partial charge in [0.15, 0.2) is 0 Å². The van der Waals surface area contributed by atoms with Crippen molar-refractivity contribution in [2.24, 2.45) is 11.8 Å². The highest BCUT2D eigenvalue weighted by Crippen LogP contribution is 2.34. The summed E-state index contributed by atoms with van der Waals surface area (Å²) in [6, 6.07) is 6.97. The van der Waals surface area contributed by atoms with Crippen LogP contribution in [0.25, 0.3) is 0 Å². The van der Waals surface area contributed by atoms with Crippen LogP contribution in [0.2, 0.25) is 0 Å². The fourth-order valence-electron chi connectivity index (χ4n) is 2.90. The van der Waals surface area contributed by atoms with Crippen molar-refractivity contribution in [2.45, 2.75) is 33.6 Å². The molecule has 0 saturated heterocycles. The number of carbonyl (C=O) groups excluding carboxylic acids is 2. The number of carboxylic acids is 1. The van der Waals surface area contributed by atoms with Gasteiger partial charge in [-0.25, -0.2) is 0 Å². The molecular weight excluding hydrogens is 308 g/mol. The molecule has 1 aliphatic carbocycles. The molecule has 0 unspecified atom stereocenters. The summed E-state index contributed by atoms with van der Waals surface area (Å²) in [5.41, 5.74) is 8.13. The Bertz CT molecular complexity index is 709. The third-order valence-electron chi connectivity index (χ3n) is 4.50. The molecule has 24 heavy (non-hydrogen) atoms. The highest BCUT2D eigenvalue weighted by molar-refractivity contribution is 5.96. The van der Waals surface area contributed by atoms with Crippen molar-refractivity contribution in [1.82, 2.24) is 10.9 Å². The van der Waals surface area contributed by atoms with Crippen molar-refractivity contribution in [3.05, 3.63) is 46.5 Å². The molecule has 1 aromatic carbocycles. The van der Waals surface area contributed by atoms with Crippen LogP contribution in [0, 0.1) is 18.8 Å². The molecular formula is C18H22N2O4. The van der Waals surface area contributed by atoms with Gasteiger partial charge in [-0.15, -0.1) is 0 Å². The Morgan fingerprint density at radius 3 is 2.21 bits per heavy atom. The zero-order valence-electron chi connectivity index (χ0n) is 14.1. The standard InChI is InChI=1S/C18H22N2O4/c1-10-5-4-6-13(7-10)16(21)19-20-17(22)14-8-11(2)12(3)9-15(14)18(23)24/h4-7,14-15H,8-9H2,1-3H3,(H,19,21)(H,20,22)(H,23,24)/t14-,15+/m0/s1. The number of hydrogen-bond donors (Lipinski definition) is 3. The normalized spacial score (nSPS) is 20.5. The topological polar surface area (TPSA) is 95.5 Å². The molecule has 128 valence electrons. The van der Waals surface area contributed by atoms with Crippen molar-refractivity contribution in [1.29, 1.82) is 0 Å². The van der Waals surface area contributed by atoms with Crippen molar-refractivity contribution in [3.63, 3.8) is 0 Å². The smallest absolute Gasteiger partial charge is 0.307 e. The Morgan fingerprint density at radius 2 is 1.62 bits per heavy atom. The van der Waals surface area contributed by atoms with Crippen LogP contribution in [0.5, 0.6) is 0 Å². The zero-order chi connectivity index (χ0) is 17.9. The van der Waals surface area contributed by atoms with Crippen LogP contribution in [0.4, 0.5) is 0 Å². The fourth-order valence-corrected chi connectivity index (χ4v) is 2.90. The zero-order valence-corrected chi connectivity index (χ0v) is 14.1. The molecule has 0 spiro atoms. The van der Waals surface area contributed by atoms with Crippen LogP contribution in [-0.2, 0) is 9.59 Å². The Morgan fingerprint density at radius 1 is 1.00 bits per heavy atom. The molecule has 0 heterocycles. The first-order chi connectivity index (χ1) is 11.3. The molecule has 0 radical (unpaired) electrons. The number of aryl methyl sites for hydroxylation is 1. The highest BCUT2D eigenvalue weighted by Gasteiger charge is 2.37. The molecule has 2 atom stereocenters. The molecule has 1 aromatic rings. The van der Waals surface area contributed by atoms with Crippen LogP contribution in [0.15, 0.2) is 35.4 Å². The molecule has 0 saturated carbocycles. The summed E-state index contributed by atoms with van der Waals surface area (Å²) in [7, 11) is 0. The Balaban J connectivity index is 2.03. The average molecular weight is 330 g/mol. The van der Waals surface area contributed by atoms with E-state index in [0.717, 1.165) is 16.7 Å². The summed E-state index contributed by atoms with van der Waals surface area (Å²) in [5, 5.41) is 9.36. The lowest BCUT2D eigenvalue weighted by molar-refractivity contribution is -0.147. The van der Waals surface area contributed by atoms with E-state index in [9.17, 15) is 19.5 Å². The van der Waals surface area contributed by atoms with E-state index in [1.807, 2.05) is 26.8 Å². The molecule has 6 nitrogen and oxygen atoms in total. The first kappa shape index (κ1) is 17.7. The number of carboxylic acid groups (broad SMARTS) is 1. The molecule has 0 fully saturated rings. The Hall–Kier alpha value is -2.63. The molecule has 3 N–H and O–H groups in total. The Kier molecular flexibility index (Phi) is 5.39. The number of rotatable bonds is 3. The monoisotopic (exact) mass is 330 g/mol. The molecule has 6 heteroatoms. The number of nitrogens with one attached hydrogen (secondary N) is 2. The van der Waals surface area contributed by atoms with Crippen LogP contribution >= 0.6 is 0 Å². The van der Waals surface area contributed by atoms with Gasteiger partial charge in [-0.1, -0.05) is 28.8 Å². The number of carbonyl (C=O) groups is 3. The molecule has 2 rings (SSSR count). The van der Waals surface area contributed by atoms with E-state index in [1.54, 1.807) is 18.2 Å². The van der Waals surface area contributed by atoms with Crippen LogP contribution in [0.3, 0.4) is 0 Å². The Labute approximate surface area is 140 Å². The summed E-state index contributed by atoms with van der Waals surface area (Å²) < 4.78 is 0. The first-order valence-corrected chi connectivity index (χ1v) is 7.84. The van der Waals surface area contributed by atoms with Gasteiger partial charge in [0.1, 0.15) is 0 Å². The number of amides is 2. The van der Waals surface area contributed by atoms with Gasteiger partial charge < -0.3 is 5.11 Å². The summed E-state index contributed by atoms with van der Waals surface area (Å²) in [6.07, 6.45) is 0.736. The second-order valence-corrected chi connectivity index (χ2v) is 6.33. The van der Waals surface area contributed by atoms with E-state index in [1.165, 1.54) is 0 Å². The predicted octanol–water partition coefficient (Wildman–Crippen LogP) is 2.20. The second-order valence-electron chi connectivity index (χ2n) is 6.33. The lowest BCUT2D eigenvalue weighted by Crippen LogP contribution is -2.48. The maximum absolute atomic E-state index is 12.4. The van der Waals surface area contributed by atoms with Gasteiger partial charge in [0.2, 0.25) is 5.91 Å². The predicted molar refractivity (Wildman–Crippen MR) is 89.0 cm³/mol. The van der Waals surface area contributed by atoms with E-state index in [4.69, 9.17) is 0 Å². The van der Waals surface area contributed by atoms with Crippen molar-refractivity contribution >= 4 is 17.8 Å². The van der Waals surface area contributed by atoms with Gasteiger partial charge >= 0.3 is 5.97 Å². The van der Waals surface area contributed by atoms with Crippen molar-refractivity contribution in [3.8, 4) is 0 Å². The maximum atomic E-state index is 12.4. The van der Waals surface area contributed by atoms with Crippen LogP contribution in [-0.4, -0.2) is 22.9 Å². The van der Waals surface area contributed by atoms with Crippen LogP contribution < -0.4 is 10.9 Å². The second kappa shape index (κ2) is 7.29. The maximum Gasteiger partial charge on any atom is 0.307 e. The minimum atomic E-state index is -0.994. The van der Waals surface area contributed by atoms with Crippen molar-refractivity contribution in [2.75, 3.05) is 0 Å². The number of hydrogen-bond acceptors (Lipinski definition) is 3. The SMILES string of the molecule is CC1=C(C)C[C@@H](C(=O)O)[C@@H](C(=O)NNC(=O)c2cccc(C)c2)C1. The summed E-state index contributed by atoms with van der Waals surface area (Å²) in [6.45, 7) is 5.66. The summed E-state index contributed by atoms with van der Waals surface area (Å²) in [4.78, 5) is 35.8. The van der Waals surface area contributed by atoms with E-state index < -0.39 is 29.6 Å². The van der Waals surface area contributed by atoms with Gasteiger partial charge in [0, 0.05) is 5.56 Å². The van der Waals surface area contributed by atoms with Crippen LogP contribution in [0.1, 0.15) is 42.6 Å². The highest BCUT2D eigenvalue weighted by atomic mass is 16.4. The number of allylic oxidation sites excluding steroid dienone is 2. The molecule has 0 bridgehead atoms. The van der Waals surface area contributed by atoms with E-state index >= 15 is 0 Å². The van der Waals surface area contributed by atoms with Gasteiger partial charge in [0.05, 0.1) is 11.8 Å². The third-order valence-corrected chi connectivity index (χ3v) is 4.50. The van der Waals surface area contributed by atoms with E-state index in [2.05, 4.69) is 10.9 Å². The molecule has 1 aliphatic rings. The minimum absolute atomic E-state index is 0.352. The lowest BCUT2D eigenvalue weighted by Gasteiger charge is -2.29. The van der Waals surface area contributed by atoms with Gasteiger partial charge in [-0.05, 0) is 45.7 Å². The summed E-state index contributed by atoms with van der Waals surface area (Å²) in [5.74, 6) is -3.37. The lowest BCUT2D eigenvalue weighted by atomic mass is 9.76. The largest absolute Gasteiger partial charge is 0.481 e.